The minimum atomic E-state index is -0.158. The number of rotatable bonds is 3. The van der Waals surface area contributed by atoms with E-state index in [4.69, 9.17) is 4.74 Å². The molecule has 0 aromatic heterocycles. The van der Waals surface area contributed by atoms with Gasteiger partial charge in [0.15, 0.2) is 0 Å². The third-order valence-corrected chi connectivity index (χ3v) is 7.01. The Balaban J connectivity index is 1.26. The maximum atomic E-state index is 13.2. The van der Waals surface area contributed by atoms with Crippen LogP contribution in [0.25, 0.3) is 0 Å². The third-order valence-electron chi connectivity index (χ3n) is 7.01. The van der Waals surface area contributed by atoms with Crippen molar-refractivity contribution in [1.82, 2.24) is 0 Å². The molecule has 7 rings (SSSR count). The average molecular weight is 371 g/mol. The van der Waals surface area contributed by atoms with Gasteiger partial charge in [0.2, 0.25) is 11.8 Å². The van der Waals surface area contributed by atoms with Gasteiger partial charge in [-0.3, -0.25) is 14.5 Å². The van der Waals surface area contributed by atoms with Gasteiger partial charge in [0.1, 0.15) is 11.5 Å². The van der Waals surface area contributed by atoms with E-state index >= 15 is 0 Å². The number of carbonyl (C=O) groups excluding carboxylic acids is 2. The molecule has 4 aliphatic carbocycles. The molecule has 2 amide bonds. The van der Waals surface area contributed by atoms with E-state index < -0.39 is 0 Å². The van der Waals surface area contributed by atoms with Gasteiger partial charge in [-0.25, -0.2) is 0 Å². The van der Waals surface area contributed by atoms with Gasteiger partial charge in [0.05, 0.1) is 17.5 Å². The maximum Gasteiger partial charge on any atom is 0.238 e. The van der Waals surface area contributed by atoms with E-state index in [1.165, 1.54) is 16.9 Å². The fourth-order valence-electron chi connectivity index (χ4n) is 5.62. The average Bonchev–Trinajstić information content (AvgIpc) is 3.49. The quantitative estimate of drug-likeness (QED) is 0.595. The van der Waals surface area contributed by atoms with E-state index in [1.807, 2.05) is 55.5 Å². The molecule has 2 aromatic rings. The Kier molecular flexibility index (Phi) is 3.20. The van der Waals surface area contributed by atoms with Crippen molar-refractivity contribution in [2.24, 2.45) is 35.5 Å². The molecule has 2 aromatic carbocycles. The summed E-state index contributed by atoms with van der Waals surface area (Å²) in [6.07, 6.45) is 5.58. The zero-order valence-electron chi connectivity index (χ0n) is 15.6. The number of anilines is 1. The van der Waals surface area contributed by atoms with E-state index in [2.05, 4.69) is 12.2 Å². The van der Waals surface area contributed by atoms with Crippen LogP contribution >= 0.6 is 0 Å². The van der Waals surface area contributed by atoms with Crippen LogP contribution < -0.4 is 9.64 Å². The first-order chi connectivity index (χ1) is 13.6. The molecule has 0 radical (unpaired) electrons. The molecule has 1 heterocycles. The molecule has 6 atom stereocenters. The Hall–Kier alpha value is -2.88. The van der Waals surface area contributed by atoms with E-state index in [9.17, 15) is 9.59 Å². The molecule has 0 spiro atoms. The summed E-state index contributed by atoms with van der Waals surface area (Å²) in [6, 6.07) is 15.1. The van der Waals surface area contributed by atoms with Gasteiger partial charge < -0.3 is 4.74 Å². The maximum absolute atomic E-state index is 13.2. The molecule has 1 saturated heterocycles. The SMILES string of the molecule is Cc1ccc(Oc2ccc(N3C(=O)C4C5C=CC(C6CC56)C4C3=O)cc2)cc1. The van der Waals surface area contributed by atoms with Crippen molar-refractivity contribution in [3.8, 4) is 11.5 Å². The number of hydrogen-bond acceptors (Lipinski definition) is 3. The summed E-state index contributed by atoms with van der Waals surface area (Å²) in [6.45, 7) is 2.03. The Morgan fingerprint density at radius 1 is 0.786 bits per heavy atom. The van der Waals surface area contributed by atoms with Gasteiger partial charge in [-0.15, -0.1) is 0 Å². The molecular weight excluding hydrogens is 350 g/mol. The standard InChI is InChI=1S/C24H21NO3/c1-13-2-6-15(7-3-13)28-16-8-4-14(5-9-16)25-23(26)21-17-10-11-18(20-12-19(17)20)22(21)24(25)27/h2-11,17-22H,12H2,1H3. The van der Waals surface area contributed by atoms with Crippen molar-refractivity contribution < 1.29 is 14.3 Å². The molecule has 5 aliphatic rings. The largest absolute Gasteiger partial charge is 0.457 e. The first-order valence-electron chi connectivity index (χ1n) is 10.0. The molecule has 1 aliphatic heterocycles. The second-order valence-electron chi connectivity index (χ2n) is 8.58. The Labute approximate surface area is 163 Å². The minimum absolute atomic E-state index is 0.0214. The number of aryl methyl sites for hydroxylation is 1. The second-order valence-corrected chi connectivity index (χ2v) is 8.58. The van der Waals surface area contributed by atoms with Crippen LogP contribution in [0.3, 0.4) is 0 Å². The van der Waals surface area contributed by atoms with E-state index in [1.54, 1.807) is 0 Å². The molecule has 4 nitrogen and oxygen atoms in total. The van der Waals surface area contributed by atoms with Crippen molar-refractivity contribution in [1.29, 1.82) is 0 Å². The zero-order chi connectivity index (χ0) is 19.0. The Morgan fingerprint density at radius 3 is 1.82 bits per heavy atom. The number of nitrogens with zero attached hydrogens (tertiary/aromatic N) is 1. The number of imide groups is 1. The summed E-state index contributed by atoms with van der Waals surface area (Å²) in [4.78, 5) is 27.7. The molecule has 6 unspecified atom stereocenters. The van der Waals surface area contributed by atoms with E-state index in [-0.39, 0.29) is 35.5 Å². The van der Waals surface area contributed by atoms with Crippen LogP contribution in [0.1, 0.15) is 12.0 Å². The summed E-state index contributed by atoms with van der Waals surface area (Å²) in [5, 5.41) is 0. The molecule has 3 fully saturated rings. The smallest absolute Gasteiger partial charge is 0.238 e. The lowest BCUT2D eigenvalue weighted by Crippen LogP contribution is -2.40. The van der Waals surface area contributed by atoms with Gasteiger partial charge in [-0.2, -0.15) is 0 Å². The molecule has 2 bridgehead atoms. The van der Waals surface area contributed by atoms with Crippen LogP contribution in [-0.2, 0) is 9.59 Å². The highest BCUT2D eigenvalue weighted by Gasteiger charge is 2.67. The number of allylic oxidation sites excluding steroid dienone is 2. The summed E-state index contributed by atoms with van der Waals surface area (Å²) < 4.78 is 5.86. The van der Waals surface area contributed by atoms with Gasteiger partial charge in [-0.05, 0) is 73.4 Å². The lowest BCUT2D eigenvalue weighted by atomic mass is 9.63. The Bertz CT molecular complexity index is 971. The molecular formula is C24H21NO3. The third kappa shape index (κ3) is 2.17. The predicted molar refractivity (Wildman–Crippen MR) is 105 cm³/mol. The summed E-state index contributed by atoms with van der Waals surface area (Å²) in [7, 11) is 0. The van der Waals surface area contributed by atoms with Crippen LogP contribution in [0, 0.1) is 42.4 Å². The second kappa shape index (κ2) is 5.57. The number of carbonyl (C=O) groups is 2. The van der Waals surface area contributed by atoms with Crippen LogP contribution in [0.5, 0.6) is 11.5 Å². The molecule has 4 heteroatoms. The lowest BCUT2D eigenvalue weighted by molar-refractivity contribution is -0.124. The fraction of sp³-hybridized carbons (Fsp3) is 0.333. The highest BCUT2D eigenvalue weighted by Crippen LogP contribution is 2.65. The summed E-state index contributed by atoms with van der Waals surface area (Å²) in [5.74, 6) is 2.85. The number of benzene rings is 2. The highest BCUT2D eigenvalue weighted by atomic mass is 16.5. The van der Waals surface area contributed by atoms with Crippen LogP contribution in [-0.4, -0.2) is 11.8 Å². The molecule has 140 valence electrons. The van der Waals surface area contributed by atoms with E-state index in [0.717, 1.165) is 5.75 Å². The van der Waals surface area contributed by atoms with Crippen LogP contribution in [0.15, 0.2) is 60.7 Å². The van der Waals surface area contributed by atoms with Gasteiger partial charge >= 0.3 is 0 Å². The fourth-order valence-corrected chi connectivity index (χ4v) is 5.62. The first kappa shape index (κ1) is 16.1. The van der Waals surface area contributed by atoms with Crippen molar-refractivity contribution in [2.45, 2.75) is 13.3 Å². The van der Waals surface area contributed by atoms with Crippen molar-refractivity contribution in [3.05, 3.63) is 66.2 Å². The van der Waals surface area contributed by atoms with E-state index in [0.29, 0.717) is 23.3 Å². The van der Waals surface area contributed by atoms with Crippen molar-refractivity contribution in [3.63, 3.8) is 0 Å². The van der Waals surface area contributed by atoms with Crippen LogP contribution in [0.4, 0.5) is 5.69 Å². The highest BCUT2D eigenvalue weighted by molar-refractivity contribution is 6.22. The summed E-state index contributed by atoms with van der Waals surface area (Å²) in [5.41, 5.74) is 1.82. The normalized spacial score (nSPS) is 34.4. The van der Waals surface area contributed by atoms with Crippen molar-refractivity contribution in [2.75, 3.05) is 4.90 Å². The van der Waals surface area contributed by atoms with Gasteiger partial charge in [0.25, 0.3) is 0 Å². The Morgan fingerprint density at radius 2 is 1.29 bits per heavy atom. The van der Waals surface area contributed by atoms with Crippen LogP contribution in [0.2, 0.25) is 0 Å². The predicted octanol–water partition coefficient (Wildman–Crippen LogP) is 4.34. The lowest BCUT2D eigenvalue weighted by Gasteiger charge is -2.37. The molecule has 2 saturated carbocycles. The van der Waals surface area contributed by atoms with Gasteiger partial charge in [-0.1, -0.05) is 29.8 Å². The topological polar surface area (TPSA) is 46.6 Å². The van der Waals surface area contributed by atoms with Crippen molar-refractivity contribution >= 4 is 17.5 Å². The number of hydrogen-bond donors (Lipinski definition) is 0. The monoisotopic (exact) mass is 371 g/mol. The first-order valence-corrected chi connectivity index (χ1v) is 10.0. The zero-order valence-corrected chi connectivity index (χ0v) is 15.6. The minimum Gasteiger partial charge on any atom is -0.457 e. The summed E-state index contributed by atoms with van der Waals surface area (Å²) >= 11 is 0. The number of ether oxygens (including phenoxy) is 1. The number of amides is 2. The molecule has 28 heavy (non-hydrogen) atoms. The molecule has 0 N–H and O–H groups in total. The van der Waals surface area contributed by atoms with Gasteiger partial charge in [0, 0.05) is 0 Å².